The van der Waals surface area contributed by atoms with Crippen LogP contribution in [0, 0.1) is 6.92 Å². The fourth-order valence-electron chi connectivity index (χ4n) is 2.57. The summed E-state index contributed by atoms with van der Waals surface area (Å²) < 4.78 is 0. The van der Waals surface area contributed by atoms with Crippen molar-refractivity contribution in [3.05, 3.63) is 11.8 Å². The number of aromatic nitrogens is 2. The molecule has 1 aliphatic carbocycles. The Bertz CT molecular complexity index is 392. The number of aliphatic hydroxyl groups is 1. The Labute approximate surface area is 107 Å². The molecule has 2 rings (SSSR count). The lowest BCUT2D eigenvalue weighted by atomic mass is 10.2. The van der Waals surface area contributed by atoms with Crippen molar-refractivity contribution >= 4 is 11.8 Å². The number of hydrogen-bond donors (Lipinski definition) is 3. The van der Waals surface area contributed by atoms with E-state index in [0.29, 0.717) is 18.5 Å². The van der Waals surface area contributed by atoms with Crippen molar-refractivity contribution in [2.75, 3.05) is 23.5 Å². The zero-order valence-electron chi connectivity index (χ0n) is 10.8. The number of anilines is 2. The number of rotatable bonds is 5. The SMILES string of the molecule is Cc1cc(N(CCO)C2CCCC2)nc(NN)n1. The molecule has 0 atom stereocenters. The molecule has 18 heavy (non-hydrogen) atoms. The van der Waals surface area contributed by atoms with E-state index in [9.17, 15) is 5.11 Å². The predicted octanol–water partition coefficient (Wildman–Crippen LogP) is 0.812. The fraction of sp³-hybridized carbons (Fsp3) is 0.667. The monoisotopic (exact) mass is 251 g/mol. The third-order valence-electron chi connectivity index (χ3n) is 3.37. The van der Waals surface area contributed by atoms with E-state index in [0.717, 1.165) is 24.4 Å². The summed E-state index contributed by atoms with van der Waals surface area (Å²) in [6, 6.07) is 2.41. The molecule has 1 aromatic rings. The minimum atomic E-state index is 0.130. The van der Waals surface area contributed by atoms with E-state index in [4.69, 9.17) is 5.84 Å². The van der Waals surface area contributed by atoms with Gasteiger partial charge in [0.1, 0.15) is 5.82 Å². The molecule has 0 spiro atoms. The lowest BCUT2D eigenvalue weighted by molar-refractivity contribution is 0.297. The molecule has 0 radical (unpaired) electrons. The summed E-state index contributed by atoms with van der Waals surface area (Å²) in [5.41, 5.74) is 3.35. The van der Waals surface area contributed by atoms with Crippen molar-refractivity contribution in [1.82, 2.24) is 9.97 Å². The Balaban J connectivity index is 2.25. The van der Waals surface area contributed by atoms with Crippen LogP contribution >= 0.6 is 0 Å². The number of nitrogens with one attached hydrogen (secondary N) is 1. The summed E-state index contributed by atoms with van der Waals surface area (Å²) in [6.45, 7) is 2.65. The molecule has 0 aliphatic heterocycles. The van der Waals surface area contributed by atoms with Crippen molar-refractivity contribution in [2.45, 2.75) is 38.6 Å². The normalized spacial score (nSPS) is 15.9. The highest BCUT2D eigenvalue weighted by Gasteiger charge is 2.23. The fourth-order valence-corrected chi connectivity index (χ4v) is 2.57. The Morgan fingerprint density at radius 2 is 2.17 bits per heavy atom. The van der Waals surface area contributed by atoms with Gasteiger partial charge in [0.2, 0.25) is 5.95 Å². The molecule has 1 heterocycles. The summed E-state index contributed by atoms with van der Waals surface area (Å²) in [5, 5.41) is 9.23. The molecule has 1 saturated carbocycles. The first kappa shape index (κ1) is 13.0. The van der Waals surface area contributed by atoms with Gasteiger partial charge >= 0.3 is 0 Å². The van der Waals surface area contributed by atoms with Crippen molar-refractivity contribution in [2.24, 2.45) is 5.84 Å². The summed E-state index contributed by atoms with van der Waals surface area (Å²) in [6.07, 6.45) is 4.82. The van der Waals surface area contributed by atoms with E-state index in [1.165, 1.54) is 12.8 Å². The van der Waals surface area contributed by atoms with Gasteiger partial charge in [-0.15, -0.1) is 0 Å². The topological polar surface area (TPSA) is 87.3 Å². The van der Waals surface area contributed by atoms with Gasteiger partial charge in [0.15, 0.2) is 0 Å². The molecule has 100 valence electrons. The number of nitrogens with two attached hydrogens (primary N) is 1. The largest absolute Gasteiger partial charge is 0.395 e. The number of nitrogen functional groups attached to an aromatic ring is 1. The van der Waals surface area contributed by atoms with Crippen LogP contribution in [0.3, 0.4) is 0 Å². The maximum atomic E-state index is 9.23. The van der Waals surface area contributed by atoms with E-state index >= 15 is 0 Å². The zero-order valence-corrected chi connectivity index (χ0v) is 10.8. The Hall–Kier alpha value is -1.40. The molecule has 0 unspecified atom stereocenters. The average Bonchev–Trinajstić information content (AvgIpc) is 2.88. The first-order chi connectivity index (χ1) is 8.74. The maximum absolute atomic E-state index is 9.23. The van der Waals surface area contributed by atoms with Gasteiger partial charge in [-0.05, 0) is 19.8 Å². The lowest BCUT2D eigenvalue weighted by Gasteiger charge is -2.29. The number of aliphatic hydroxyl groups excluding tert-OH is 1. The van der Waals surface area contributed by atoms with Gasteiger partial charge in [-0.1, -0.05) is 12.8 Å². The molecule has 0 bridgehead atoms. The third-order valence-corrected chi connectivity index (χ3v) is 3.37. The third kappa shape index (κ3) is 2.88. The molecule has 1 aliphatic rings. The van der Waals surface area contributed by atoms with Gasteiger partial charge in [0.25, 0.3) is 0 Å². The second-order valence-corrected chi connectivity index (χ2v) is 4.69. The van der Waals surface area contributed by atoms with Crippen LogP contribution in [-0.2, 0) is 0 Å². The quantitative estimate of drug-likeness (QED) is 0.530. The zero-order chi connectivity index (χ0) is 13.0. The van der Waals surface area contributed by atoms with Gasteiger partial charge in [-0.2, -0.15) is 4.98 Å². The highest BCUT2D eigenvalue weighted by molar-refractivity contribution is 5.45. The smallest absolute Gasteiger partial charge is 0.239 e. The van der Waals surface area contributed by atoms with Crippen molar-refractivity contribution < 1.29 is 5.11 Å². The second kappa shape index (κ2) is 5.97. The van der Waals surface area contributed by atoms with Crippen LogP contribution < -0.4 is 16.2 Å². The Kier molecular flexibility index (Phi) is 4.33. The van der Waals surface area contributed by atoms with Crippen LogP contribution in [-0.4, -0.2) is 34.3 Å². The highest BCUT2D eigenvalue weighted by Crippen LogP contribution is 2.27. The van der Waals surface area contributed by atoms with Crippen LogP contribution in [0.5, 0.6) is 0 Å². The Morgan fingerprint density at radius 1 is 1.44 bits per heavy atom. The van der Waals surface area contributed by atoms with E-state index in [1.54, 1.807) is 0 Å². The maximum Gasteiger partial charge on any atom is 0.239 e. The standard InChI is InChI=1S/C12H21N5O/c1-9-8-11(15-12(14-9)16-13)17(6-7-18)10-4-2-3-5-10/h8,10,18H,2-7,13H2,1H3,(H,14,15,16). The second-order valence-electron chi connectivity index (χ2n) is 4.69. The molecule has 0 aromatic carbocycles. The average molecular weight is 251 g/mol. The van der Waals surface area contributed by atoms with E-state index in [-0.39, 0.29) is 6.61 Å². The van der Waals surface area contributed by atoms with Gasteiger partial charge in [0, 0.05) is 24.3 Å². The summed E-state index contributed by atoms with van der Waals surface area (Å²) in [7, 11) is 0. The molecule has 6 heteroatoms. The summed E-state index contributed by atoms with van der Waals surface area (Å²) in [5.74, 6) is 6.64. The summed E-state index contributed by atoms with van der Waals surface area (Å²) >= 11 is 0. The number of aryl methyl sites for hydroxylation is 1. The van der Waals surface area contributed by atoms with E-state index in [1.807, 2.05) is 13.0 Å². The van der Waals surface area contributed by atoms with Crippen LogP contribution in [0.1, 0.15) is 31.4 Å². The number of hydrazine groups is 1. The molecule has 4 N–H and O–H groups in total. The van der Waals surface area contributed by atoms with Gasteiger partial charge < -0.3 is 10.0 Å². The molecule has 0 amide bonds. The Morgan fingerprint density at radius 3 is 2.78 bits per heavy atom. The van der Waals surface area contributed by atoms with Crippen molar-refractivity contribution in [1.29, 1.82) is 0 Å². The van der Waals surface area contributed by atoms with E-state index in [2.05, 4.69) is 20.3 Å². The number of hydrogen-bond acceptors (Lipinski definition) is 6. The van der Waals surface area contributed by atoms with Crippen LogP contribution in [0.25, 0.3) is 0 Å². The molecule has 6 nitrogen and oxygen atoms in total. The molecular formula is C12H21N5O. The molecular weight excluding hydrogens is 230 g/mol. The van der Waals surface area contributed by atoms with Crippen LogP contribution in [0.2, 0.25) is 0 Å². The molecule has 1 fully saturated rings. The highest BCUT2D eigenvalue weighted by atomic mass is 16.3. The van der Waals surface area contributed by atoms with Gasteiger partial charge in [-0.3, -0.25) is 5.43 Å². The molecule has 0 saturated heterocycles. The minimum Gasteiger partial charge on any atom is -0.395 e. The molecule has 1 aromatic heterocycles. The lowest BCUT2D eigenvalue weighted by Crippen LogP contribution is -2.36. The minimum absolute atomic E-state index is 0.130. The first-order valence-electron chi connectivity index (χ1n) is 6.44. The van der Waals surface area contributed by atoms with Crippen LogP contribution in [0.15, 0.2) is 6.07 Å². The predicted molar refractivity (Wildman–Crippen MR) is 71.3 cm³/mol. The first-order valence-corrected chi connectivity index (χ1v) is 6.44. The van der Waals surface area contributed by atoms with Crippen molar-refractivity contribution in [3.8, 4) is 0 Å². The van der Waals surface area contributed by atoms with Gasteiger partial charge in [-0.25, -0.2) is 10.8 Å². The summed E-state index contributed by atoms with van der Waals surface area (Å²) in [4.78, 5) is 10.7. The van der Waals surface area contributed by atoms with Crippen LogP contribution in [0.4, 0.5) is 11.8 Å². The van der Waals surface area contributed by atoms with E-state index < -0.39 is 0 Å². The number of nitrogens with zero attached hydrogens (tertiary/aromatic N) is 3. The van der Waals surface area contributed by atoms with Gasteiger partial charge in [0.05, 0.1) is 6.61 Å². The van der Waals surface area contributed by atoms with Crippen molar-refractivity contribution in [3.63, 3.8) is 0 Å².